The van der Waals surface area contributed by atoms with Crippen molar-refractivity contribution in [1.82, 2.24) is 0 Å². The van der Waals surface area contributed by atoms with Crippen molar-refractivity contribution in [3.05, 3.63) is 97.1 Å². The largest absolute Gasteiger partial charge is 0.493 e. The Morgan fingerprint density at radius 2 is 1.63 bits per heavy atom. The molecule has 0 saturated carbocycles. The van der Waals surface area contributed by atoms with Crippen LogP contribution in [0.2, 0.25) is 0 Å². The van der Waals surface area contributed by atoms with Crippen molar-refractivity contribution in [2.24, 2.45) is 0 Å². The topological polar surface area (TPSA) is 59.6 Å². The van der Waals surface area contributed by atoms with E-state index in [1.165, 1.54) is 5.56 Å². The lowest BCUT2D eigenvalue weighted by molar-refractivity contribution is -0.114. The van der Waals surface area contributed by atoms with E-state index in [1.807, 2.05) is 60.7 Å². The Labute approximate surface area is 177 Å². The maximum Gasteiger partial charge on any atom is 0.243 e. The zero-order chi connectivity index (χ0) is 21.0. The van der Waals surface area contributed by atoms with Gasteiger partial charge < -0.3 is 20.1 Å². The summed E-state index contributed by atoms with van der Waals surface area (Å²) in [7, 11) is 0. The van der Waals surface area contributed by atoms with Gasteiger partial charge in [0.25, 0.3) is 0 Å². The highest BCUT2D eigenvalue weighted by Crippen LogP contribution is 2.23. The Hall–Kier alpha value is -3.73. The summed E-state index contributed by atoms with van der Waals surface area (Å²) in [4.78, 5) is 12.3. The quantitative estimate of drug-likeness (QED) is 0.447. The summed E-state index contributed by atoms with van der Waals surface area (Å²) in [5.41, 5.74) is 2.73. The number of benzene rings is 3. The molecule has 0 fully saturated rings. The standard InChI is InChI=1S/C25H26N2O3/c1-2-17-30-24-11-7-6-10-23(24)27-25(28)19-26-21-12-14-22(15-13-21)29-18-16-20-8-4-3-5-9-20/h2-15,26H,1,16-19H2,(H,27,28). The fraction of sp³-hybridized carbons (Fsp3) is 0.160. The number of carbonyl (C=O) groups excluding carboxylic acids is 1. The summed E-state index contributed by atoms with van der Waals surface area (Å²) in [6.45, 7) is 4.77. The molecule has 0 spiro atoms. The monoisotopic (exact) mass is 402 g/mol. The van der Waals surface area contributed by atoms with E-state index in [4.69, 9.17) is 9.47 Å². The first-order chi connectivity index (χ1) is 14.7. The predicted octanol–water partition coefficient (Wildman–Crippen LogP) is 4.92. The molecule has 0 saturated heterocycles. The van der Waals surface area contributed by atoms with E-state index in [9.17, 15) is 4.79 Å². The highest BCUT2D eigenvalue weighted by molar-refractivity contribution is 5.95. The van der Waals surface area contributed by atoms with Crippen LogP contribution in [0.15, 0.2) is 91.5 Å². The number of amides is 1. The molecule has 5 nitrogen and oxygen atoms in total. The summed E-state index contributed by atoms with van der Waals surface area (Å²) in [5, 5.41) is 5.97. The molecule has 0 heterocycles. The van der Waals surface area contributed by atoms with Crippen molar-refractivity contribution in [1.29, 1.82) is 0 Å². The molecule has 0 aromatic heterocycles. The second-order valence-corrected chi connectivity index (χ2v) is 6.61. The minimum absolute atomic E-state index is 0.143. The highest BCUT2D eigenvalue weighted by Gasteiger charge is 2.07. The molecule has 0 radical (unpaired) electrons. The Morgan fingerprint density at radius 1 is 0.900 bits per heavy atom. The molecule has 30 heavy (non-hydrogen) atoms. The number of hydrogen-bond acceptors (Lipinski definition) is 4. The molecule has 1 amide bonds. The van der Waals surface area contributed by atoms with E-state index in [1.54, 1.807) is 12.1 Å². The molecule has 0 bridgehead atoms. The molecule has 3 rings (SSSR count). The number of carbonyl (C=O) groups is 1. The van der Waals surface area contributed by atoms with Crippen molar-refractivity contribution >= 4 is 17.3 Å². The zero-order valence-corrected chi connectivity index (χ0v) is 16.8. The van der Waals surface area contributed by atoms with Crippen LogP contribution < -0.4 is 20.1 Å². The van der Waals surface area contributed by atoms with Gasteiger partial charge in [0.2, 0.25) is 5.91 Å². The maximum atomic E-state index is 12.3. The van der Waals surface area contributed by atoms with Crippen molar-refractivity contribution in [3.63, 3.8) is 0 Å². The lowest BCUT2D eigenvalue weighted by atomic mass is 10.2. The van der Waals surface area contributed by atoms with E-state index >= 15 is 0 Å². The second-order valence-electron chi connectivity index (χ2n) is 6.61. The Kier molecular flexibility index (Phi) is 7.92. The molecule has 3 aromatic carbocycles. The fourth-order valence-electron chi connectivity index (χ4n) is 2.82. The van der Waals surface area contributed by atoms with Gasteiger partial charge in [-0.25, -0.2) is 0 Å². The van der Waals surface area contributed by atoms with Gasteiger partial charge in [0.15, 0.2) is 0 Å². The van der Waals surface area contributed by atoms with Crippen LogP contribution in [0.1, 0.15) is 5.56 Å². The number of anilines is 2. The molecular weight excluding hydrogens is 376 g/mol. The van der Waals surface area contributed by atoms with Gasteiger partial charge in [-0.15, -0.1) is 0 Å². The van der Waals surface area contributed by atoms with Crippen molar-refractivity contribution < 1.29 is 14.3 Å². The maximum absolute atomic E-state index is 12.3. The SMILES string of the molecule is C=CCOc1ccccc1NC(=O)CNc1ccc(OCCc2ccccc2)cc1. The molecule has 154 valence electrons. The summed E-state index contributed by atoms with van der Waals surface area (Å²) in [6.07, 6.45) is 2.52. The van der Waals surface area contributed by atoms with E-state index in [0.717, 1.165) is 17.9 Å². The first kappa shape index (κ1) is 21.0. The molecule has 0 aliphatic rings. The van der Waals surface area contributed by atoms with Gasteiger partial charge >= 0.3 is 0 Å². The highest BCUT2D eigenvalue weighted by atomic mass is 16.5. The number of ether oxygens (including phenoxy) is 2. The predicted molar refractivity (Wildman–Crippen MR) is 121 cm³/mol. The number of nitrogens with one attached hydrogen (secondary N) is 2. The van der Waals surface area contributed by atoms with Gasteiger partial charge in [0.1, 0.15) is 18.1 Å². The minimum Gasteiger partial charge on any atom is -0.493 e. The van der Waals surface area contributed by atoms with Crippen molar-refractivity contribution in [2.45, 2.75) is 6.42 Å². The molecule has 5 heteroatoms. The van der Waals surface area contributed by atoms with E-state index < -0.39 is 0 Å². The summed E-state index contributed by atoms with van der Waals surface area (Å²) >= 11 is 0. The van der Waals surface area contributed by atoms with Crippen LogP contribution in [0.4, 0.5) is 11.4 Å². The number of hydrogen-bond donors (Lipinski definition) is 2. The van der Waals surface area contributed by atoms with E-state index in [-0.39, 0.29) is 12.5 Å². The van der Waals surface area contributed by atoms with Crippen LogP contribution in [0.5, 0.6) is 11.5 Å². The van der Waals surface area contributed by atoms with E-state index in [2.05, 4.69) is 29.3 Å². The van der Waals surface area contributed by atoms with Crippen molar-refractivity contribution in [2.75, 3.05) is 30.4 Å². The van der Waals surface area contributed by atoms with Crippen molar-refractivity contribution in [3.8, 4) is 11.5 Å². The smallest absolute Gasteiger partial charge is 0.243 e. The third-order valence-electron chi connectivity index (χ3n) is 4.33. The van der Waals surface area contributed by atoms with E-state index in [0.29, 0.717) is 24.7 Å². The Balaban J connectivity index is 1.43. The first-order valence-electron chi connectivity index (χ1n) is 9.88. The third-order valence-corrected chi connectivity index (χ3v) is 4.33. The van der Waals surface area contributed by atoms with Gasteiger partial charge in [0, 0.05) is 12.1 Å². The first-order valence-corrected chi connectivity index (χ1v) is 9.88. The Bertz CT molecular complexity index is 940. The molecule has 0 aliphatic carbocycles. The van der Waals surface area contributed by atoms with Crippen LogP contribution >= 0.6 is 0 Å². The average molecular weight is 402 g/mol. The van der Waals surface area contributed by atoms with Gasteiger partial charge in [-0.2, -0.15) is 0 Å². The normalized spacial score (nSPS) is 10.1. The van der Waals surface area contributed by atoms with Crippen LogP contribution in [-0.2, 0) is 11.2 Å². The van der Waals surface area contributed by atoms with Crippen LogP contribution in [0.3, 0.4) is 0 Å². The van der Waals surface area contributed by atoms with Gasteiger partial charge in [-0.05, 0) is 42.0 Å². The summed E-state index contributed by atoms with van der Waals surface area (Å²) < 4.78 is 11.3. The third kappa shape index (κ3) is 6.71. The molecule has 0 atom stereocenters. The number of rotatable bonds is 11. The number of para-hydroxylation sites is 2. The molecule has 3 aromatic rings. The summed E-state index contributed by atoms with van der Waals surface area (Å²) in [5.74, 6) is 1.25. The fourth-order valence-corrected chi connectivity index (χ4v) is 2.82. The lowest BCUT2D eigenvalue weighted by Gasteiger charge is -2.12. The second kappa shape index (κ2) is 11.3. The molecule has 0 unspecified atom stereocenters. The van der Waals surface area contributed by atoms with Crippen LogP contribution in [-0.4, -0.2) is 25.7 Å². The van der Waals surface area contributed by atoms with Gasteiger partial charge in [-0.3, -0.25) is 4.79 Å². The molecular formula is C25H26N2O3. The van der Waals surface area contributed by atoms with Gasteiger partial charge in [0.05, 0.1) is 18.8 Å². The Morgan fingerprint density at radius 3 is 2.40 bits per heavy atom. The van der Waals surface area contributed by atoms with Crippen LogP contribution in [0, 0.1) is 0 Å². The zero-order valence-electron chi connectivity index (χ0n) is 16.8. The lowest BCUT2D eigenvalue weighted by Crippen LogP contribution is -2.22. The molecule has 2 N–H and O–H groups in total. The van der Waals surface area contributed by atoms with Gasteiger partial charge in [-0.1, -0.05) is 55.1 Å². The van der Waals surface area contributed by atoms with Crippen LogP contribution in [0.25, 0.3) is 0 Å². The summed E-state index contributed by atoms with van der Waals surface area (Å²) in [6, 6.07) is 25.1. The average Bonchev–Trinajstić information content (AvgIpc) is 2.79. The molecule has 0 aliphatic heterocycles. The minimum atomic E-state index is -0.159.